The van der Waals surface area contributed by atoms with E-state index in [1.807, 2.05) is 65.5 Å². The molecule has 0 aliphatic carbocycles. The Balaban J connectivity index is 1.95. The number of aromatic nitrogens is 1. The van der Waals surface area contributed by atoms with Crippen molar-refractivity contribution in [3.63, 3.8) is 0 Å². The second kappa shape index (κ2) is 5.53. The molecule has 0 unspecified atom stereocenters. The molecule has 0 aliphatic rings. The summed E-state index contributed by atoms with van der Waals surface area (Å²) in [5, 5.41) is 15.1. The molecule has 3 aromatic rings. The quantitative estimate of drug-likeness (QED) is 0.335. The van der Waals surface area contributed by atoms with E-state index in [9.17, 15) is 5.21 Å². The normalized spacial score (nSPS) is 11.7. The molecule has 1 N–H and O–H groups in total. The molecule has 2 aromatic carbocycles. The molecule has 20 heavy (non-hydrogen) atoms. The molecule has 0 aliphatic heterocycles. The summed E-state index contributed by atoms with van der Waals surface area (Å²) in [6.45, 7) is 0.537. The lowest BCUT2D eigenvalue weighted by molar-refractivity contribution is -0.681. The third kappa shape index (κ3) is 2.52. The van der Waals surface area contributed by atoms with E-state index in [1.165, 1.54) is 5.39 Å². The molecule has 0 saturated carbocycles. The van der Waals surface area contributed by atoms with Gasteiger partial charge in [-0.2, -0.15) is 4.57 Å². The van der Waals surface area contributed by atoms with E-state index in [-0.39, 0.29) is 0 Å². The minimum atomic E-state index is 0.537. The molecule has 0 fully saturated rings. The molecule has 3 nitrogen and oxygen atoms in total. The fourth-order valence-corrected chi connectivity index (χ4v) is 2.26. The first-order chi connectivity index (χ1) is 9.86. The summed E-state index contributed by atoms with van der Waals surface area (Å²) >= 11 is 0. The highest BCUT2D eigenvalue weighted by atomic mass is 16.4. The molecule has 0 spiro atoms. The fraction of sp³-hybridized carbons (Fsp3) is 0.0588. The van der Waals surface area contributed by atoms with Gasteiger partial charge < -0.3 is 5.21 Å². The maximum absolute atomic E-state index is 9.29. The van der Waals surface area contributed by atoms with Crippen LogP contribution in [-0.2, 0) is 6.54 Å². The largest absolute Gasteiger partial charge is 0.410 e. The van der Waals surface area contributed by atoms with Crippen molar-refractivity contribution in [3.8, 4) is 0 Å². The predicted molar refractivity (Wildman–Crippen MR) is 78.9 cm³/mol. The molecule has 0 saturated heterocycles. The summed E-state index contributed by atoms with van der Waals surface area (Å²) in [5.41, 5.74) is 1.58. The number of hydrogen-bond donors (Lipinski definition) is 1. The van der Waals surface area contributed by atoms with Gasteiger partial charge in [0.25, 0.3) is 0 Å². The molecule has 0 amide bonds. The van der Waals surface area contributed by atoms with E-state index in [1.54, 1.807) is 0 Å². The Bertz CT molecular complexity index is 751. The number of oxime groups is 1. The molecule has 1 aromatic heterocycles. The highest BCUT2D eigenvalue weighted by molar-refractivity contribution is 6.02. The number of hydrogen-bond acceptors (Lipinski definition) is 2. The van der Waals surface area contributed by atoms with Crippen molar-refractivity contribution in [2.24, 2.45) is 5.16 Å². The molecule has 3 rings (SSSR count). The highest BCUT2D eigenvalue weighted by Gasteiger charge is 2.10. The minimum Gasteiger partial charge on any atom is -0.410 e. The number of rotatable bonds is 3. The van der Waals surface area contributed by atoms with Crippen LogP contribution in [-0.4, -0.2) is 10.9 Å². The van der Waals surface area contributed by atoms with E-state index in [0.717, 1.165) is 10.9 Å². The smallest absolute Gasteiger partial charge is 0.194 e. The molecule has 0 atom stereocenters. The van der Waals surface area contributed by atoms with E-state index in [4.69, 9.17) is 0 Å². The molecule has 0 radical (unpaired) electrons. The Morgan fingerprint density at radius 2 is 1.65 bits per heavy atom. The predicted octanol–water partition coefficient (Wildman–Crippen LogP) is 3.01. The molecular formula is C17H15N2O+. The van der Waals surface area contributed by atoms with Crippen LogP contribution in [0.3, 0.4) is 0 Å². The fourth-order valence-electron chi connectivity index (χ4n) is 2.26. The average Bonchev–Trinajstić information content (AvgIpc) is 2.53. The van der Waals surface area contributed by atoms with Gasteiger partial charge in [0, 0.05) is 17.7 Å². The number of benzene rings is 2. The summed E-state index contributed by atoms with van der Waals surface area (Å²) in [4.78, 5) is 0. The highest BCUT2D eigenvalue weighted by Crippen LogP contribution is 2.16. The Hall–Kier alpha value is -2.68. The average molecular weight is 263 g/mol. The molecule has 0 bridgehead atoms. The van der Waals surface area contributed by atoms with Crippen LogP contribution >= 0.6 is 0 Å². The summed E-state index contributed by atoms with van der Waals surface area (Å²) in [6.07, 6.45) is 3.90. The van der Waals surface area contributed by atoms with Crippen molar-refractivity contribution in [2.45, 2.75) is 6.54 Å². The summed E-state index contributed by atoms with van der Waals surface area (Å²) in [6, 6.07) is 20.1. The number of fused-ring (bicyclic) bond motifs is 1. The van der Waals surface area contributed by atoms with Crippen molar-refractivity contribution in [2.75, 3.05) is 0 Å². The third-order valence-electron chi connectivity index (χ3n) is 3.31. The van der Waals surface area contributed by atoms with Gasteiger partial charge >= 0.3 is 0 Å². The topological polar surface area (TPSA) is 36.5 Å². The molecule has 98 valence electrons. The Morgan fingerprint density at radius 3 is 2.40 bits per heavy atom. The van der Waals surface area contributed by atoms with Gasteiger partial charge in [0.15, 0.2) is 24.7 Å². The molecule has 1 heterocycles. The van der Waals surface area contributed by atoms with Crippen LogP contribution in [0.15, 0.2) is 78.2 Å². The third-order valence-corrected chi connectivity index (χ3v) is 3.31. The second-order valence-electron chi connectivity index (χ2n) is 4.66. The lowest BCUT2D eigenvalue weighted by Crippen LogP contribution is -2.37. The van der Waals surface area contributed by atoms with Crippen molar-refractivity contribution in [1.29, 1.82) is 0 Å². The van der Waals surface area contributed by atoms with Crippen molar-refractivity contribution < 1.29 is 9.77 Å². The van der Waals surface area contributed by atoms with E-state index >= 15 is 0 Å². The Kier molecular flexibility index (Phi) is 3.42. The van der Waals surface area contributed by atoms with Crippen LogP contribution < -0.4 is 4.57 Å². The van der Waals surface area contributed by atoms with E-state index in [0.29, 0.717) is 12.3 Å². The minimum absolute atomic E-state index is 0.537. The van der Waals surface area contributed by atoms with Crippen LogP contribution in [0.2, 0.25) is 0 Å². The van der Waals surface area contributed by atoms with Crippen LogP contribution in [0.1, 0.15) is 5.56 Å². The number of pyridine rings is 1. The van der Waals surface area contributed by atoms with Crippen molar-refractivity contribution in [3.05, 3.63) is 78.6 Å². The van der Waals surface area contributed by atoms with Crippen molar-refractivity contribution >= 4 is 16.5 Å². The van der Waals surface area contributed by atoms with Gasteiger partial charge in [0.1, 0.15) is 0 Å². The van der Waals surface area contributed by atoms with E-state index < -0.39 is 0 Å². The maximum Gasteiger partial charge on any atom is 0.194 e. The van der Waals surface area contributed by atoms with Gasteiger partial charge in [-0.3, -0.25) is 0 Å². The first-order valence-electron chi connectivity index (χ1n) is 6.51. The Labute approximate surface area is 117 Å². The van der Waals surface area contributed by atoms with Crippen LogP contribution in [0.25, 0.3) is 10.8 Å². The zero-order valence-electron chi connectivity index (χ0n) is 11.0. The number of nitrogens with zero attached hydrogens (tertiary/aromatic N) is 2. The molecular weight excluding hydrogens is 248 g/mol. The van der Waals surface area contributed by atoms with Gasteiger partial charge in [-0.1, -0.05) is 47.6 Å². The monoisotopic (exact) mass is 263 g/mol. The van der Waals surface area contributed by atoms with Crippen LogP contribution in [0.5, 0.6) is 0 Å². The summed E-state index contributed by atoms with van der Waals surface area (Å²) < 4.78 is 1.98. The lowest BCUT2D eigenvalue weighted by atomic mass is 10.0. The van der Waals surface area contributed by atoms with Crippen molar-refractivity contribution in [1.82, 2.24) is 0 Å². The van der Waals surface area contributed by atoms with Gasteiger partial charge in [0.05, 0.1) is 0 Å². The zero-order valence-corrected chi connectivity index (χ0v) is 11.0. The molecule has 3 heteroatoms. The zero-order chi connectivity index (χ0) is 13.8. The second-order valence-corrected chi connectivity index (χ2v) is 4.66. The van der Waals surface area contributed by atoms with Gasteiger partial charge in [-0.05, 0) is 16.8 Å². The standard InChI is InChI=1S/C17H14N2O/c20-18-17(13-19-10-4-1-5-11-19)16-9-8-14-6-2-3-7-15(14)12-16/h1-12H,13H2/p+1/b18-17+. The van der Waals surface area contributed by atoms with Gasteiger partial charge in [0.2, 0.25) is 0 Å². The summed E-state index contributed by atoms with van der Waals surface area (Å²) in [5.74, 6) is 0. The Morgan fingerprint density at radius 1 is 0.900 bits per heavy atom. The first kappa shape index (κ1) is 12.4. The SMILES string of the molecule is O/N=C(\C[n+]1ccccc1)c1ccc2ccccc2c1. The summed E-state index contributed by atoms with van der Waals surface area (Å²) in [7, 11) is 0. The van der Waals surface area contributed by atoms with Gasteiger partial charge in [-0.25, -0.2) is 0 Å². The first-order valence-corrected chi connectivity index (χ1v) is 6.51. The lowest BCUT2D eigenvalue weighted by Gasteiger charge is -2.04. The van der Waals surface area contributed by atoms with Gasteiger partial charge in [-0.15, -0.1) is 0 Å². The maximum atomic E-state index is 9.29. The van der Waals surface area contributed by atoms with Crippen LogP contribution in [0, 0.1) is 0 Å². The van der Waals surface area contributed by atoms with Crippen LogP contribution in [0.4, 0.5) is 0 Å². The van der Waals surface area contributed by atoms with E-state index in [2.05, 4.69) is 17.3 Å².